The molecular formula is C20H28N6O2. The van der Waals surface area contributed by atoms with E-state index in [1.54, 1.807) is 38.4 Å². The highest BCUT2D eigenvalue weighted by atomic mass is 16.2. The Morgan fingerprint density at radius 2 is 2.00 bits per heavy atom. The second-order valence-electron chi connectivity index (χ2n) is 7.35. The van der Waals surface area contributed by atoms with Crippen LogP contribution in [0.2, 0.25) is 0 Å². The average molecular weight is 384 g/mol. The van der Waals surface area contributed by atoms with Crippen molar-refractivity contribution in [3.8, 4) is 0 Å². The number of aromatic nitrogens is 2. The molecule has 0 aliphatic carbocycles. The molecule has 3 amide bonds. The zero-order chi connectivity index (χ0) is 20.1. The zero-order valence-corrected chi connectivity index (χ0v) is 16.8. The number of aryl methyl sites for hydroxylation is 1. The Morgan fingerprint density at radius 3 is 2.71 bits per heavy atom. The molecule has 8 nitrogen and oxygen atoms in total. The van der Waals surface area contributed by atoms with Gasteiger partial charge in [0.15, 0.2) is 0 Å². The molecule has 150 valence electrons. The third-order valence-electron chi connectivity index (χ3n) is 4.81. The van der Waals surface area contributed by atoms with E-state index in [-0.39, 0.29) is 11.9 Å². The molecule has 28 heavy (non-hydrogen) atoms. The third-order valence-corrected chi connectivity index (χ3v) is 4.81. The van der Waals surface area contributed by atoms with Crippen LogP contribution in [-0.2, 0) is 13.6 Å². The fraction of sp³-hybridized carbons (Fsp3) is 0.450. The smallest absolute Gasteiger partial charge is 0.321 e. The monoisotopic (exact) mass is 384 g/mol. The largest absolute Gasteiger partial charge is 0.345 e. The maximum absolute atomic E-state index is 12.7. The number of nitrogens with one attached hydrogen (secondary N) is 1. The van der Waals surface area contributed by atoms with Gasteiger partial charge in [0.1, 0.15) is 0 Å². The quantitative estimate of drug-likeness (QED) is 0.873. The van der Waals surface area contributed by atoms with Gasteiger partial charge in [0.25, 0.3) is 5.91 Å². The number of anilines is 1. The molecule has 0 radical (unpaired) electrons. The maximum atomic E-state index is 12.7. The van der Waals surface area contributed by atoms with E-state index in [9.17, 15) is 9.59 Å². The molecule has 3 rings (SSSR count). The van der Waals surface area contributed by atoms with Crippen molar-refractivity contribution < 1.29 is 9.59 Å². The molecule has 8 heteroatoms. The lowest BCUT2D eigenvalue weighted by atomic mass is 10.2. The Kier molecular flexibility index (Phi) is 6.30. The number of hydrogen-bond acceptors (Lipinski definition) is 4. The summed E-state index contributed by atoms with van der Waals surface area (Å²) in [6.07, 6.45) is 4.83. The van der Waals surface area contributed by atoms with Crippen LogP contribution >= 0.6 is 0 Å². The van der Waals surface area contributed by atoms with Gasteiger partial charge in [0, 0.05) is 76.9 Å². The molecule has 2 heterocycles. The average Bonchev–Trinajstić information content (AvgIpc) is 2.93. The highest BCUT2D eigenvalue weighted by Crippen LogP contribution is 2.14. The Morgan fingerprint density at radius 1 is 1.18 bits per heavy atom. The van der Waals surface area contributed by atoms with Crippen molar-refractivity contribution in [3.05, 3.63) is 47.8 Å². The Balaban J connectivity index is 1.56. The second kappa shape index (κ2) is 8.88. The van der Waals surface area contributed by atoms with Gasteiger partial charge in [0.05, 0.1) is 6.20 Å². The molecule has 1 aliphatic heterocycles. The summed E-state index contributed by atoms with van der Waals surface area (Å²) in [7, 11) is 5.34. The summed E-state index contributed by atoms with van der Waals surface area (Å²) in [6, 6.07) is 6.92. The Labute approximate surface area is 165 Å². The van der Waals surface area contributed by atoms with Crippen molar-refractivity contribution in [2.75, 3.05) is 45.6 Å². The predicted octanol–water partition coefficient (Wildman–Crippen LogP) is 1.86. The SMILES string of the molecule is CN(C)C(=O)c1cccc(NC(=O)N2CCCN(Cc3cnn(C)c3)CC2)c1. The van der Waals surface area contributed by atoms with Crippen LogP contribution < -0.4 is 5.32 Å². The summed E-state index contributed by atoms with van der Waals surface area (Å²) >= 11 is 0. The van der Waals surface area contributed by atoms with E-state index >= 15 is 0 Å². The van der Waals surface area contributed by atoms with Crippen molar-refractivity contribution in [2.24, 2.45) is 7.05 Å². The van der Waals surface area contributed by atoms with Crippen molar-refractivity contribution in [3.63, 3.8) is 0 Å². The maximum Gasteiger partial charge on any atom is 0.321 e. The molecule has 1 fully saturated rings. The molecule has 1 aliphatic rings. The molecule has 1 saturated heterocycles. The molecule has 0 saturated carbocycles. The molecule has 0 spiro atoms. The number of carbonyl (C=O) groups excluding carboxylic acids is 2. The Hall–Kier alpha value is -2.87. The molecule has 0 atom stereocenters. The van der Waals surface area contributed by atoms with Gasteiger partial charge < -0.3 is 15.1 Å². The zero-order valence-electron chi connectivity index (χ0n) is 16.8. The highest BCUT2D eigenvalue weighted by Gasteiger charge is 2.20. The summed E-state index contributed by atoms with van der Waals surface area (Å²) in [6.45, 7) is 4.00. The lowest BCUT2D eigenvalue weighted by Crippen LogP contribution is -2.38. The van der Waals surface area contributed by atoms with Crippen molar-refractivity contribution in [2.45, 2.75) is 13.0 Å². The van der Waals surface area contributed by atoms with Crippen LogP contribution in [0.15, 0.2) is 36.7 Å². The van der Waals surface area contributed by atoms with Crippen molar-refractivity contribution in [1.82, 2.24) is 24.5 Å². The number of carbonyl (C=O) groups is 2. The van der Waals surface area contributed by atoms with E-state index < -0.39 is 0 Å². The first-order valence-corrected chi connectivity index (χ1v) is 9.50. The topological polar surface area (TPSA) is 73.7 Å². The Bertz CT molecular complexity index is 832. The molecule has 0 bridgehead atoms. The molecule has 1 aromatic carbocycles. The predicted molar refractivity (Wildman–Crippen MR) is 108 cm³/mol. The summed E-state index contributed by atoms with van der Waals surface area (Å²) in [4.78, 5) is 30.5. The van der Waals surface area contributed by atoms with Gasteiger partial charge in [-0.1, -0.05) is 6.07 Å². The first-order valence-electron chi connectivity index (χ1n) is 9.50. The van der Waals surface area contributed by atoms with E-state index in [1.165, 1.54) is 10.5 Å². The number of benzene rings is 1. The van der Waals surface area contributed by atoms with Crippen LogP contribution in [0.3, 0.4) is 0 Å². The summed E-state index contributed by atoms with van der Waals surface area (Å²) in [5, 5.41) is 7.14. The van der Waals surface area contributed by atoms with E-state index in [1.807, 2.05) is 29.0 Å². The summed E-state index contributed by atoms with van der Waals surface area (Å²) in [5.41, 5.74) is 2.37. The van der Waals surface area contributed by atoms with Gasteiger partial charge >= 0.3 is 6.03 Å². The summed E-state index contributed by atoms with van der Waals surface area (Å²) in [5.74, 6) is -0.0862. The standard InChI is InChI=1S/C20H28N6O2/c1-23(2)19(27)17-6-4-7-18(12-17)22-20(28)26-9-5-8-25(10-11-26)15-16-13-21-24(3)14-16/h4,6-7,12-14H,5,8-11,15H2,1-3H3,(H,22,28). The number of amides is 3. The number of rotatable bonds is 4. The molecule has 1 N–H and O–H groups in total. The first-order chi connectivity index (χ1) is 13.4. The second-order valence-corrected chi connectivity index (χ2v) is 7.35. The van der Waals surface area contributed by atoms with Gasteiger partial charge in [-0.05, 0) is 24.6 Å². The fourth-order valence-corrected chi connectivity index (χ4v) is 3.33. The lowest BCUT2D eigenvalue weighted by molar-refractivity contribution is 0.0827. The van der Waals surface area contributed by atoms with Crippen LogP contribution in [-0.4, -0.2) is 76.7 Å². The van der Waals surface area contributed by atoms with Gasteiger partial charge in [0.2, 0.25) is 0 Å². The van der Waals surface area contributed by atoms with Crippen LogP contribution in [0.4, 0.5) is 10.5 Å². The normalized spacial score (nSPS) is 15.2. The van der Waals surface area contributed by atoms with E-state index in [2.05, 4.69) is 15.3 Å². The summed E-state index contributed by atoms with van der Waals surface area (Å²) < 4.78 is 1.81. The van der Waals surface area contributed by atoms with Gasteiger partial charge in [-0.3, -0.25) is 14.4 Å². The first kappa shape index (κ1) is 19.9. The number of hydrogen-bond donors (Lipinski definition) is 1. The van der Waals surface area contributed by atoms with Gasteiger partial charge in [-0.25, -0.2) is 4.79 Å². The highest BCUT2D eigenvalue weighted by molar-refractivity contribution is 5.96. The minimum Gasteiger partial charge on any atom is -0.345 e. The minimum absolute atomic E-state index is 0.0862. The molecule has 0 unspecified atom stereocenters. The van der Waals surface area contributed by atoms with Crippen LogP contribution in [0.5, 0.6) is 0 Å². The molecular weight excluding hydrogens is 356 g/mol. The molecule has 2 aromatic rings. The van der Waals surface area contributed by atoms with Crippen LogP contribution in [0, 0.1) is 0 Å². The van der Waals surface area contributed by atoms with Crippen molar-refractivity contribution in [1.29, 1.82) is 0 Å². The van der Waals surface area contributed by atoms with Crippen LogP contribution in [0.25, 0.3) is 0 Å². The van der Waals surface area contributed by atoms with E-state index in [4.69, 9.17) is 0 Å². The van der Waals surface area contributed by atoms with E-state index in [0.717, 1.165) is 26.1 Å². The number of urea groups is 1. The van der Waals surface area contributed by atoms with Crippen LogP contribution in [0.1, 0.15) is 22.3 Å². The van der Waals surface area contributed by atoms with Crippen molar-refractivity contribution >= 4 is 17.6 Å². The number of nitrogens with zero attached hydrogens (tertiary/aromatic N) is 5. The molecule has 1 aromatic heterocycles. The minimum atomic E-state index is -0.127. The lowest BCUT2D eigenvalue weighted by Gasteiger charge is -2.22. The van der Waals surface area contributed by atoms with E-state index in [0.29, 0.717) is 24.3 Å². The third kappa shape index (κ3) is 5.10. The fourth-order valence-electron chi connectivity index (χ4n) is 3.33. The van der Waals surface area contributed by atoms with Gasteiger partial charge in [-0.15, -0.1) is 0 Å². The van der Waals surface area contributed by atoms with Gasteiger partial charge in [-0.2, -0.15) is 5.10 Å².